The highest BCUT2D eigenvalue weighted by Crippen LogP contribution is 2.37. The summed E-state index contributed by atoms with van der Waals surface area (Å²) in [6.45, 7) is 12.0. The number of rotatable bonds is 13. The van der Waals surface area contributed by atoms with Gasteiger partial charge in [0, 0.05) is 46.9 Å². The molecule has 0 spiro atoms. The van der Waals surface area contributed by atoms with Crippen molar-refractivity contribution in [3.05, 3.63) is 52.1 Å². The topological polar surface area (TPSA) is 158 Å². The third-order valence-corrected chi connectivity index (χ3v) is 11.9. The lowest BCUT2D eigenvalue weighted by Crippen LogP contribution is -2.38. The largest absolute Gasteiger partial charge is 0.398 e. The summed E-state index contributed by atoms with van der Waals surface area (Å²) in [7, 11) is -1.75. The fourth-order valence-electron chi connectivity index (χ4n) is 6.11. The van der Waals surface area contributed by atoms with Crippen LogP contribution in [0.1, 0.15) is 137 Å². The Balaban J connectivity index is 0.000000289. The van der Waals surface area contributed by atoms with Crippen LogP contribution in [-0.4, -0.2) is 46.5 Å². The first-order valence-corrected chi connectivity index (χ1v) is 21.8. The van der Waals surface area contributed by atoms with Gasteiger partial charge in [0.15, 0.2) is 11.6 Å². The maximum absolute atomic E-state index is 12.7. The Morgan fingerprint density at radius 1 is 0.735 bits per heavy atom. The molecule has 49 heavy (non-hydrogen) atoms. The molecule has 12 heteroatoms. The predicted molar refractivity (Wildman–Crippen MR) is 205 cm³/mol. The van der Waals surface area contributed by atoms with Crippen LogP contribution in [0.3, 0.4) is 0 Å². The molecule has 0 saturated carbocycles. The van der Waals surface area contributed by atoms with Crippen molar-refractivity contribution < 1.29 is 26.4 Å². The van der Waals surface area contributed by atoms with Crippen LogP contribution in [0.2, 0.25) is 0 Å². The minimum Gasteiger partial charge on any atom is -0.398 e. The minimum absolute atomic E-state index is 0.0523. The lowest BCUT2D eigenvalue weighted by molar-refractivity contribution is 0.0971. The molecule has 4 rings (SSSR count). The quantitative estimate of drug-likeness (QED) is 0.118. The molecule has 4 N–H and O–H groups in total. The van der Waals surface area contributed by atoms with Crippen LogP contribution in [0.15, 0.2) is 24.3 Å². The van der Waals surface area contributed by atoms with Crippen LogP contribution in [0.4, 0.5) is 17.1 Å². The van der Waals surface area contributed by atoms with Gasteiger partial charge in [-0.05, 0) is 104 Å². The van der Waals surface area contributed by atoms with Crippen molar-refractivity contribution in [3.8, 4) is 0 Å². The molecule has 1 heterocycles. The number of sulfonamides is 1. The van der Waals surface area contributed by atoms with E-state index in [1.165, 1.54) is 28.3 Å². The van der Waals surface area contributed by atoms with E-state index in [1.807, 2.05) is 32.9 Å². The van der Waals surface area contributed by atoms with E-state index in [9.17, 15) is 26.4 Å². The van der Waals surface area contributed by atoms with E-state index in [0.29, 0.717) is 36.3 Å². The van der Waals surface area contributed by atoms with Gasteiger partial charge in [0.1, 0.15) is 0 Å². The summed E-state index contributed by atoms with van der Waals surface area (Å²) in [4.78, 5) is 24.3. The summed E-state index contributed by atoms with van der Waals surface area (Å²) in [6.07, 6.45) is 11.1. The second kappa shape index (κ2) is 19.7. The number of halogens is 1. The van der Waals surface area contributed by atoms with Crippen molar-refractivity contribution in [2.45, 2.75) is 119 Å². The normalized spacial score (nSPS) is 14.3. The van der Waals surface area contributed by atoms with E-state index in [1.54, 1.807) is 19.9 Å². The molecular weight excluding hydrogens is 682 g/mol. The molecular formula is C37H58ClN3O6S2. The van der Waals surface area contributed by atoms with Gasteiger partial charge in [0.2, 0.25) is 19.1 Å². The van der Waals surface area contributed by atoms with Gasteiger partial charge in [-0.25, -0.2) is 16.8 Å². The highest BCUT2D eigenvalue weighted by Gasteiger charge is 2.30. The molecule has 0 atom stereocenters. The van der Waals surface area contributed by atoms with Gasteiger partial charge >= 0.3 is 0 Å². The maximum Gasteiger partial charge on any atom is 0.235 e. The number of benzene rings is 2. The van der Waals surface area contributed by atoms with Crippen molar-refractivity contribution in [1.82, 2.24) is 0 Å². The molecule has 0 amide bonds. The Morgan fingerprint density at radius 3 is 1.71 bits per heavy atom. The molecule has 0 radical (unpaired) electrons. The molecule has 1 aliphatic carbocycles. The minimum atomic E-state index is -3.40. The molecule has 9 nitrogen and oxygen atoms in total. The second-order valence-corrected chi connectivity index (χ2v) is 18.7. The molecule has 0 unspecified atom stereocenters. The standard InChI is InChI=1S/C18H28N2O3S.C15H21NO.C4H9ClO2S/c1-4-5-8-17(21)15-10-14-7-6-9-20(18(14)16(19)11-15)24(22,23)12-13(2)3;1-2-3-8-15(17)12-9-11-6-4-5-7-13(11)14(16)10-12;1-4(2)3-8(5,6)7/h10-11,13H,4-9,12,19H2,1-3H3;9-10H,2-8,16H2,1H3;4H,3H2,1-2H3. The number of nitrogen functional groups attached to an aromatic ring is 2. The summed E-state index contributed by atoms with van der Waals surface area (Å²) in [5.74, 6) is 0.659. The zero-order chi connectivity index (χ0) is 36.9. The van der Waals surface area contributed by atoms with Gasteiger partial charge in [-0.3, -0.25) is 13.9 Å². The summed E-state index contributed by atoms with van der Waals surface area (Å²) in [6, 6.07) is 7.42. The van der Waals surface area contributed by atoms with E-state index in [0.717, 1.165) is 68.2 Å². The number of aryl methyl sites for hydroxylation is 2. The van der Waals surface area contributed by atoms with Crippen molar-refractivity contribution in [2.24, 2.45) is 11.8 Å². The monoisotopic (exact) mass is 739 g/mol. The number of nitrogens with two attached hydrogens (primary N) is 2. The number of Topliss-reactive ketones (excluding diaryl/α,β-unsaturated/α-hetero) is 2. The van der Waals surface area contributed by atoms with Crippen molar-refractivity contribution in [2.75, 3.05) is 33.8 Å². The zero-order valence-electron chi connectivity index (χ0n) is 30.3. The maximum atomic E-state index is 12.7. The molecule has 0 saturated heterocycles. The van der Waals surface area contributed by atoms with Gasteiger partial charge < -0.3 is 11.5 Å². The molecule has 2 aliphatic rings. The van der Waals surface area contributed by atoms with E-state index in [-0.39, 0.29) is 34.9 Å². The van der Waals surface area contributed by atoms with Gasteiger partial charge in [0.25, 0.3) is 0 Å². The smallest absolute Gasteiger partial charge is 0.235 e. The van der Waals surface area contributed by atoms with Crippen LogP contribution in [-0.2, 0) is 38.3 Å². The van der Waals surface area contributed by atoms with Crippen LogP contribution >= 0.6 is 10.7 Å². The molecule has 2 aromatic carbocycles. The summed E-state index contributed by atoms with van der Waals surface area (Å²) in [5.41, 5.74) is 18.9. The third-order valence-electron chi connectivity index (χ3n) is 8.35. The fraction of sp³-hybridized carbons (Fsp3) is 0.622. The number of anilines is 3. The van der Waals surface area contributed by atoms with Crippen LogP contribution < -0.4 is 15.8 Å². The molecule has 0 aromatic heterocycles. The number of carbonyl (C=O) groups excluding carboxylic acids is 2. The number of fused-ring (bicyclic) bond motifs is 2. The summed E-state index contributed by atoms with van der Waals surface area (Å²) >= 11 is 0. The first kappa shape index (κ1) is 42.5. The SMILES string of the molecule is CC(C)CS(=O)(=O)Cl.CCCCC(=O)c1cc(N)c2c(c1)CCCC2.CCCCC(=O)c1cc(N)c2c(c1)CCCN2S(=O)(=O)CC(C)C. The second-order valence-electron chi connectivity index (χ2n) is 14.0. The van der Waals surface area contributed by atoms with Crippen LogP contribution in [0.5, 0.6) is 0 Å². The highest BCUT2D eigenvalue weighted by molar-refractivity contribution is 8.13. The van der Waals surface area contributed by atoms with Crippen molar-refractivity contribution in [3.63, 3.8) is 0 Å². The van der Waals surface area contributed by atoms with Gasteiger partial charge in [-0.15, -0.1) is 0 Å². The Bertz CT molecular complexity index is 1640. The first-order chi connectivity index (χ1) is 22.9. The number of hydrogen-bond acceptors (Lipinski definition) is 8. The zero-order valence-corrected chi connectivity index (χ0v) is 32.7. The molecule has 1 aliphatic heterocycles. The van der Waals surface area contributed by atoms with E-state index >= 15 is 0 Å². The Hall–Kier alpha value is -2.63. The van der Waals surface area contributed by atoms with E-state index < -0.39 is 19.1 Å². The van der Waals surface area contributed by atoms with Crippen molar-refractivity contribution in [1.29, 1.82) is 0 Å². The van der Waals surface area contributed by atoms with Crippen molar-refractivity contribution >= 4 is 58.4 Å². The molecule has 0 bridgehead atoms. The third kappa shape index (κ3) is 13.9. The Kier molecular flexibility index (Phi) is 17.1. The summed E-state index contributed by atoms with van der Waals surface area (Å²) in [5, 5.41) is 0. The number of ketones is 2. The average Bonchev–Trinajstić information content (AvgIpc) is 3.01. The lowest BCUT2D eigenvalue weighted by atomic mass is 9.88. The van der Waals surface area contributed by atoms with Gasteiger partial charge in [-0.1, -0.05) is 54.4 Å². The highest BCUT2D eigenvalue weighted by atomic mass is 35.7. The Morgan fingerprint density at radius 2 is 1.22 bits per heavy atom. The predicted octanol–water partition coefficient (Wildman–Crippen LogP) is 8.11. The number of hydrogen-bond donors (Lipinski definition) is 2. The summed E-state index contributed by atoms with van der Waals surface area (Å²) < 4.78 is 47.2. The van der Waals surface area contributed by atoms with Crippen LogP contribution in [0, 0.1) is 11.8 Å². The Labute approximate surface area is 300 Å². The first-order valence-electron chi connectivity index (χ1n) is 17.7. The average molecular weight is 740 g/mol. The van der Waals surface area contributed by atoms with E-state index in [2.05, 4.69) is 13.0 Å². The van der Waals surface area contributed by atoms with Gasteiger partial charge in [0.05, 0.1) is 22.9 Å². The van der Waals surface area contributed by atoms with E-state index in [4.69, 9.17) is 22.1 Å². The number of unbranched alkanes of at least 4 members (excludes halogenated alkanes) is 2. The number of nitrogens with zero attached hydrogens (tertiary/aromatic N) is 1. The molecule has 0 fully saturated rings. The van der Waals surface area contributed by atoms with Gasteiger partial charge in [-0.2, -0.15) is 0 Å². The fourth-order valence-corrected chi connectivity index (χ4v) is 9.60. The molecule has 2 aromatic rings. The molecule has 276 valence electrons. The van der Waals surface area contributed by atoms with Crippen LogP contribution in [0.25, 0.3) is 0 Å². The lowest BCUT2D eigenvalue weighted by Gasteiger charge is -2.32. The number of carbonyl (C=O) groups is 2.